The van der Waals surface area contributed by atoms with E-state index in [1.54, 1.807) is 16.7 Å². The molecular formula is C21H22FN5. The van der Waals surface area contributed by atoms with Gasteiger partial charge in [0.1, 0.15) is 0 Å². The number of allylic oxidation sites excluding steroid dienone is 1. The molecule has 3 aromatic heterocycles. The van der Waals surface area contributed by atoms with Crippen molar-refractivity contribution in [2.75, 3.05) is 5.32 Å². The van der Waals surface area contributed by atoms with Crippen LogP contribution in [0.4, 0.5) is 10.3 Å². The number of imidazole rings is 1. The Balaban J connectivity index is 1.45. The Bertz CT molecular complexity index is 1050. The van der Waals surface area contributed by atoms with Gasteiger partial charge in [0.05, 0.1) is 5.69 Å². The fourth-order valence-electron chi connectivity index (χ4n) is 4.19. The molecule has 0 aliphatic heterocycles. The highest BCUT2D eigenvalue weighted by molar-refractivity contribution is 5.84. The third-order valence-electron chi connectivity index (χ3n) is 5.65. The van der Waals surface area contributed by atoms with E-state index in [9.17, 15) is 4.39 Å². The molecule has 2 aliphatic carbocycles. The van der Waals surface area contributed by atoms with E-state index in [1.807, 2.05) is 19.3 Å². The lowest BCUT2D eigenvalue weighted by Crippen LogP contribution is -2.23. The minimum absolute atomic E-state index is 0.313. The van der Waals surface area contributed by atoms with Crippen LogP contribution in [0, 0.1) is 12.7 Å². The SMILES string of the molecule is Cc1cnc2c(F)cc(C3=CCc4nc(NC5CCCCC5)ncc43)cn12. The summed E-state index contributed by atoms with van der Waals surface area (Å²) in [6, 6.07) is 2.03. The Morgan fingerprint density at radius 2 is 2.00 bits per heavy atom. The lowest BCUT2D eigenvalue weighted by Gasteiger charge is -2.22. The Morgan fingerprint density at radius 1 is 1.15 bits per heavy atom. The maximum Gasteiger partial charge on any atom is 0.223 e. The van der Waals surface area contributed by atoms with Gasteiger partial charge in [-0.15, -0.1) is 0 Å². The number of anilines is 1. The molecule has 0 saturated heterocycles. The second-order valence-corrected chi connectivity index (χ2v) is 7.53. The fourth-order valence-corrected chi connectivity index (χ4v) is 4.19. The molecule has 0 unspecified atom stereocenters. The summed E-state index contributed by atoms with van der Waals surface area (Å²) in [7, 11) is 0. The van der Waals surface area contributed by atoms with Crippen LogP contribution in [0.15, 0.2) is 30.7 Å². The molecule has 0 bridgehead atoms. The normalized spacial score (nSPS) is 17.2. The molecule has 0 atom stereocenters. The maximum atomic E-state index is 14.5. The zero-order valence-electron chi connectivity index (χ0n) is 15.4. The minimum Gasteiger partial charge on any atom is -0.351 e. The molecule has 3 aromatic rings. The monoisotopic (exact) mass is 363 g/mol. The molecular weight excluding hydrogens is 341 g/mol. The summed E-state index contributed by atoms with van der Waals surface area (Å²) in [6.45, 7) is 1.92. The lowest BCUT2D eigenvalue weighted by atomic mass is 9.96. The molecule has 5 nitrogen and oxygen atoms in total. The van der Waals surface area contributed by atoms with Crippen LogP contribution in [0.1, 0.15) is 54.6 Å². The van der Waals surface area contributed by atoms with Gasteiger partial charge in [0.25, 0.3) is 0 Å². The van der Waals surface area contributed by atoms with E-state index in [4.69, 9.17) is 4.98 Å². The Labute approximate surface area is 157 Å². The van der Waals surface area contributed by atoms with Gasteiger partial charge in [-0.25, -0.2) is 19.3 Å². The number of nitrogens with one attached hydrogen (secondary N) is 1. The Hall–Kier alpha value is -2.76. The van der Waals surface area contributed by atoms with Gasteiger partial charge in [0.15, 0.2) is 11.5 Å². The predicted octanol–water partition coefficient (Wildman–Crippen LogP) is 4.30. The molecule has 138 valence electrons. The molecule has 27 heavy (non-hydrogen) atoms. The summed E-state index contributed by atoms with van der Waals surface area (Å²) in [5.41, 5.74) is 5.08. The number of hydrogen-bond acceptors (Lipinski definition) is 4. The van der Waals surface area contributed by atoms with E-state index < -0.39 is 0 Å². The van der Waals surface area contributed by atoms with E-state index in [1.165, 1.54) is 32.1 Å². The van der Waals surface area contributed by atoms with Crippen molar-refractivity contribution in [2.24, 2.45) is 0 Å². The molecule has 0 amide bonds. The first-order valence-corrected chi connectivity index (χ1v) is 9.65. The molecule has 5 rings (SSSR count). The van der Waals surface area contributed by atoms with Crippen LogP contribution < -0.4 is 5.32 Å². The second kappa shape index (κ2) is 6.44. The smallest absolute Gasteiger partial charge is 0.223 e. The molecule has 2 aliphatic rings. The van der Waals surface area contributed by atoms with Crippen LogP contribution in [0.2, 0.25) is 0 Å². The largest absolute Gasteiger partial charge is 0.351 e. The third kappa shape index (κ3) is 2.89. The van der Waals surface area contributed by atoms with Crippen LogP contribution in [-0.2, 0) is 6.42 Å². The van der Waals surface area contributed by atoms with E-state index >= 15 is 0 Å². The quantitative estimate of drug-likeness (QED) is 0.754. The highest BCUT2D eigenvalue weighted by Gasteiger charge is 2.21. The second-order valence-electron chi connectivity index (χ2n) is 7.53. The Kier molecular flexibility index (Phi) is 3.92. The van der Waals surface area contributed by atoms with Gasteiger partial charge in [-0.3, -0.25) is 0 Å². The number of halogens is 1. The van der Waals surface area contributed by atoms with E-state index in [0.29, 0.717) is 17.6 Å². The molecule has 6 heteroatoms. The zero-order valence-corrected chi connectivity index (χ0v) is 15.4. The van der Waals surface area contributed by atoms with Crippen molar-refractivity contribution in [1.29, 1.82) is 0 Å². The standard InChI is InChI=1S/C21H22FN5/c1-13-10-23-20-18(22)9-14(12-27(13)20)16-7-8-19-17(16)11-24-21(26-19)25-15-5-3-2-4-6-15/h7,9-12,15H,2-6,8H2,1H3,(H,24,25,26). The molecule has 1 N–H and O–H groups in total. The van der Waals surface area contributed by atoms with Gasteiger partial charge in [0.2, 0.25) is 5.95 Å². The number of pyridine rings is 1. The minimum atomic E-state index is -0.313. The van der Waals surface area contributed by atoms with E-state index in [0.717, 1.165) is 34.5 Å². The summed E-state index contributed by atoms with van der Waals surface area (Å²) in [4.78, 5) is 13.4. The molecule has 1 fully saturated rings. The van der Waals surface area contributed by atoms with Gasteiger partial charge in [-0.1, -0.05) is 25.3 Å². The number of hydrogen-bond donors (Lipinski definition) is 1. The third-order valence-corrected chi connectivity index (χ3v) is 5.65. The van der Waals surface area contributed by atoms with Crippen LogP contribution in [-0.4, -0.2) is 25.4 Å². The van der Waals surface area contributed by atoms with Crippen molar-refractivity contribution in [1.82, 2.24) is 19.4 Å². The van der Waals surface area contributed by atoms with Crippen LogP contribution in [0.3, 0.4) is 0 Å². The molecule has 0 spiro atoms. The van der Waals surface area contributed by atoms with Crippen molar-refractivity contribution >= 4 is 17.2 Å². The molecule has 0 radical (unpaired) electrons. The predicted molar refractivity (Wildman–Crippen MR) is 103 cm³/mol. The highest BCUT2D eigenvalue weighted by Crippen LogP contribution is 2.33. The summed E-state index contributed by atoms with van der Waals surface area (Å²) >= 11 is 0. The van der Waals surface area contributed by atoms with E-state index in [-0.39, 0.29) is 5.82 Å². The first kappa shape index (κ1) is 16.4. The summed E-state index contributed by atoms with van der Waals surface area (Å²) in [5.74, 6) is 0.397. The lowest BCUT2D eigenvalue weighted by molar-refractivity contribution is 0.460. The van der Waals surface area contributed by atoms with Crippen molar-refractivity contribution in [3.8, 4) is 0 Å². The van der Waals surface area contributed by atoms with Crippen molar-refractivity contribution < 1.29 is 4.39 Å². The molecule has 3 heterocycles. The number of aromatic nitrogens is 4. The fraction of sp³-hybridized carbons (Fsp3) is 0.381. The van der Waals surface area contributed by atoms with Gasteiger partial charge < -0.3 is 9.72 Å². The number of rotatable bonds is 3. The van der Waals surface area contributed by atoms with Crippen LogP contribution in [0.5, 0.6) is 0 Å². The first-order chi connectivity index (χ1) is 13.2. The zero-order chi connectivity index (χ0) is 18.4. The van der Waals surface area contributed by atoms with Crippen molar-refractivity contribution in [3.05, 3.63) is 59.1 Å². The van der Waals surface area contributed by atoms with E-state index in [2.05, 4.69) is 21.4 Å². The number of nitrogens with zero attached hydrogens (tertiary/aromatic N) is 4. The van der Waals surface area contributed by atoms with Gasteiger partial charge in [0, 0.05) is 47.9 Å². The van der Waals surface area contributed by atoms with Gasteiger partial charge in [-0.05, 0) is 31.4 Å². The average molecular weight is 363 g/mol. The summed E-state index contributed by atoms with van der Waals surface area (Å²) in [6.07, 6.45) is 14.6. The maximum absolute atomic E-state index is 14.5. The Morgan fingerprint density at radius 3 is 2.85 bits per heavy atom. The van der Waals surface area contributed by atoms with Crippen molar-refractivity contribution in [2.45, 2.75) is 51.5 Å². The topological polar surface area (TPSA) is 55.1 Å². The summed E-state index contributed by atoms with van der Waals surface area (Å²) in [5, 5.41) is 3.48. The number of fused-ring (bicyclic) bond motifs is 2. The van der Waals surface area contributed by atoms with Crippen LogP contribution in [0.25, 0.3) is 11.2 Å². The first-order valence-electron chi connectivity index (χ1n) is 9.65. The number of aryl methyl sites for hydroxylation is 1. The molecule has 0 aromatic carbocycles. The van der Waals surface area contributed by atoms with Gasteiger partial charge >= 0.3 is 0 Å². The van der Waals surface area contributed by atoms with Gasteiger partial charge in [-0.2, -0.15) is 0 Å². The van der Waals surface area contributed by atoms with Crippen LogP contribution >= 0.6 is 0 Å². The highest BCUT2D eigenvalue weighted by atomic mass is 19.1. The summed E-state index contributed by atoms with van der Waals surface area (Å²) < 4.78 is 16.3. The average Bonchev–Trinajstić information content (AvgIpc) is 3.26. The van der Waals surface area contributed by atoms with Crippen molar-refractivity contribution in [3.63, 3.8) is 0 Å². The molecule has 1 saturated carbocycles.